The second-order valence-electron chi connectivity index (χ2n) is 7.38. The molecule has 0 aromatic heterocycles. The standard InChI is InChI=1S/C20H12Cl4F6N2O2/c21-10-4-8(3-9(5-10)20(28,29)30)14-15(19(14,23)24)17(34)32-11-1-2-13(22)12(6-11)16(33)31-7-18(25,26)27/h1-6,14-15H,7H2,(H,31,33)(H,32,34). The number of alkyl halides is 8. The summed E-state index contributed by atoms with van der Waals surface area (Å²) in [5.74, 6) is -4.15. The Kier molecular flexibility index (Phi) is 7.30. The van der Waals surface area contributed by atoms with Gasteiger partial charge in [0, 0.05) is 16.6 Å². The quantitative estimate of drug-likeness (QED) is 0.307. The summed E-state index contributed by atoms with van der Waals surface area (Å²) in [5, 5.41) is 3.64. The molecule has 2 atom stereocenters. The lowest BCUT2D eigenvalue weighted by Crippen LogP contribution is -2.33. The Bertz CT molecular complexity index is 1140. The summed E-state index contributed by atoms with van der Waals surface area (Å²) < 4.78 is 74.6. The molecule has 1 aliphatic rings. The summed E-state index contributed by atoms with van der Waals surface area (Å²) in [5.41, 5.74) is -1.42. The van der Waals surface area contributed by atoms with E-state index in [0.29, 0.717) is 6.07 Å². The van der Waals surface area contributed by atoms with Crippen molar-refractivity contribution < 1.29 is 35.9 Å². The van der Waals surface area contributed by atoms with Crippen molar-refractivity contribution in [1.29, 1.82) is 0 Å². The van der Waals surface area contributed by atoms with Crippen LogP contribution in [0.3, 0.4) is 0 Å². The van der Waals surface area contributed by atoms with Gasteiger partial charge in [0.2, 0.25) is 5.91 Å². The minimum absolute atomic E-state index is 0.00620. The van der Waals surface area contributed by atoms with E-state index in [-0.39, 0.29) is 26.9 Å². The van der Waals surface area contributed by atoms with Gasteiger partial charge < -0.3 is 10.6 Å². The number of nitrogens with one attached hydrogen (secondary N) is 2. The molecule has 0 bridgehead atoms. The summed E-state index contributed by atoms with van der Waals surface area (Å²) in [4.78, 5) is 24.8. The van der Waals surface area contributed by atoms with E-state index in [2.05, 4.69) is 5.32 Å². The fourth-order valence-corrected chi connectivity index (χ4v) is 4.57. The van der Waals surface area contributed by atoms with Crippen molar-refractivity contribution in [3.8, 4) is 0 Å². The molecule has 1 fully saturated rings. The van der Waals surface area contributed by atoms with Crippen molar-refractivity contribution in [3.63, 3.8) is 0 Å². The van der Waals surface area contributed by atoms with Crippen molar-refractivity contribution in [1.82, 2.24) is 5.32 Å². The number of amides is 2. The van der Waals surface area contributed by atoms with E-state index in [9.17, 15) is 35.9 Å². The zero-order valence-corrected chi connectivity index (χ0v) is 19.4. The lowest BCUT2D eigenvalue weighted by atomic mass is 10.0. The Morgan fingerprint density at radius 3 is 2.21 bits per heavy atom. The lowest BCUT2D eigenvalue weighted by molar-refractivity contribution is -0.137. The molecule has 2 amide bonds. The van der Waals surface area contributed by atoms with Gasteiger partial charge in [0.05, 0.1) is 22.1 Å². The number of halogens is 10. The first kappa shape index (κ1) is 26.7. The predicted octanol–water partition coefficient (Wildman–Crippen LogP) is 6.83. The first-order chi connectivity index (χ1) is 15.5. The molecule has 2 aromatic carbocycles. The Morgan fingerprint density at radius 1 is 0.971 bits per heavy atom. The number of hydrogen-bond acceptors (Lipinski definition) is 2. The molecule has 4 nitrogen and oxygen atoms in total. The highest BCUT2D eigenvalue weighted by Gasteiger charge is 2.67. The van der Waals surface area contributed by atoms with Gasteiger partial charge in [-0.25, -0.2) is 0 Å². The molecule has 184 valence electrons. The summed E-state index contributed by atoms with van der Waals surface area (Å²) in [7, 11) is 0. The number of carbonyl (C=O) groups is 2. The van der Waals surface area contributed by atoms with Crippen LogP contribution in [0.5, 0.6) is 0 Å². The summed E-state index contributed by atoms with van der Waals surface area (Å²) in [6, 6.07) is 6.18. The van der Waals surface area contributed by atoms with Gasteiger partial charge in [-0.2, -0.15) is 26.3 Å². The topological polar surface area (TPSA) is 58.2 Å². The number of carbonyl (C=O) groups excluding carboxylic acids is 2. The van der Waals surface area contributed by atoms with E-state index >= 15 is 0 Å². The minimum Gasteiger partial charge on any atom is -0.343 e. The van der Waals surface area contributed by atoms with Crippen molar-refractivity contribution in [2.75, 3.05) is 11.9 Å². The Hall–Kier alpha value is -1.88. The number of hydrogen-bond donors (Lipinski definition) is 2. The van der Waals surface area contributed by atoms with Gasteiger partial charge in [0.1, 0.15) is 10.9 Å². The van der Waals surface area contributed by atoms with Crippen LogP contribution < -0.4 is 10.6 Å². The molecule has 2 unspecified atom stereocenters. The van der Waals surface area contributed by atoms with Gasteiger partial charge in [-0.15, -0.1) is 23.2 Å². The maximum atomic E-state index is 13.1. The van der Waals surface area contributed by atoms with E-state index in [1.807, 2.05) is 0 Å². The maximum absolute atomic E-state index is 13.1. The average Bonchev–Trinajstić information content (AvgIpc) is 3.28. The molecule has 2 N–H and O–H groups in total. The second-order valence-corrected chi connectivity index (χ2v) is 9.67. The van der Waals surface area contributed by atoms with Gasteiger partial charge in [-0.3, -0.25) is 9.59 Å². The smallest absolute Gasteiger partial charge is 0.343 e. The molecule has 0 spiro atoms. The van der Waals surface area contributed by atoms with Crippen LogP contribution in [-0.4, -0.2) is 28.9 Å². The Morgan fingerprint density at radius 2 is 1.62 bits per heavy atom. The summed E-state index contributed by atoms with van der Waals surface area (Å²) >= 11 is 24.0. The van der Waals surface area contributed by atoms with E-state index in [1.165, 1.54) is 18.2 Å². The molecule has 3 rings (SSSR count). The monoisotopic (exact) mass is 566 g/mol. The fourth-order valence-electron chi connectivity index (χ4n) is 3.30. The third kappa shape index (κ3) is 6.02. The van der Waals surface area contributed by atoms with Crippen LogP contribution >= 0.6 is 46.4 Å². The van der Waals surface area contributed by atoms with Crippen molar-refractivity contribution >= 4 is 63.9 Å². The van der Waals surface area contributed by atoms with Crippen molar-refractivity contribution in [2.45, 2.75) is 22.6 Å². The van der Waals surface area contributed by atoms with Crippen molar-refractivity contribution in [3.05, 3.63) is 63.1 Å². The van der Waals surface area contributed by atoms with Crippen LogP contribution in [0, 0.1) is 5.92 Å². The maximum Gasteiger partial charge on any atom is 0.416 e. The SMILES string of the molecule is O=C(NCC(F)(F)F)c1cc(NC(=O)C2C(c3cc(Cl)cc(C(F)(F)F)c3)C2(Cl)Cl)ccc1Cl. The van der Waals surface area contributed by atoms with E-state index in [4.69, 9.17) is 46.4 Å². The summed E-state index contributed by atoms with van der Waals surface area (Å²) in [6.45, 7) is -1.59. The third-order valence-corrected chi connectivity index (χ3v) is 6.36. The van der Waals surface area contributed by atoms with E-state index < -0.39 is 52.4 Å². The fraction of sp³-hybridized carbons (Fsp3) is 0.300. The third-order valence-electron chi connectivity index (χ3n) is 4.87. The van der Waals surface area contributed by atoms with Crippen LogP contribution in [-0.2, 0) is 11.0 Å². The molecule has 0 saturated heterocycles. The molecule has 1 aliphatic carbocycles. The van der Waals surface area contributed by atoms with Crippen LogP contribution in [0.2, 0.25) is 10.0 Å². The highest BCUT2D eigenvalue weighted by molar-refractivity contribution is 6.53. The second kappa shape index (κ2) is 9.29. The summed E-state index contributed by atoms with van der Waals surface area (Å²) in [6.07, 6.45) is -9.34. The number of anilines is 1. The molecule has 34 heavy (non-hydrogen) atoms. The average molecular weight is 568 g/mol. The van der Waals surface area contributed by atoms with Crippen LogP contribution in [0.4, 0.5) is 32.0 Å². The highest BCUT2D eigenvalue weighted by Crippen LogP contribution is 2.65. The van der Waals surface area contributed by atoms with Gasteiger partial charge >= 0.3 is 12.4 Å². The molecule has 1 saturated carbocycles. The predicted molar refractivity (Wildman–Crippen MR) is 116 cm³/mol. The molecular weight excluding hydrogens is 556 g/mol. The highest BCUT2D eigenvalue weighted by atomic mass is 35.5. The molecule has 14 heteroatoms. The van der Waals surface area contributed by atoms with Gasteiger partial charge in [-0.05, 0) is 42.0 Å². The number of rotatable bonds is 5. The molecule has 0 aliphatic heterocycles. The van der Waals surface area contributed by atoms with Gasteiger partial charge in [0.15, 0.2) is 0 Å². The molecule has 0 heterocycles. The zero-order valence-electron chi connectivity index (χ0n) is 16.4. The van der Waals surface area contributed by atoms with Gasteiger partial charge in [-0.1, -0.05) is 23.2 Å². The molecule has 2 aromatic rings. The first-order valence-electron chi connectivity index (χ1n) is 9.21. The normalized spacial score (nSPS) is 19.5. The molecule has 0 radical (unpaired) electrons. The van der Waals surface area contributed by atoms with Gasteiger partial charge in [0.25, 0.3) is 5.91 Å². The number of benzene rings is 2. The van der Waals surface area contributed by atoms with E-state index in [1.54, 1.807) is 5.32 Å². The Labute approximate surface area is 208 Å². The van der Waals surface area contributed by atoms with Crippen LogP contribution in [0.1, 0.15) is 27.4 Å². The first-order valence-corrected chi connectivity index (χ1v) is 10.7. The zero-order chi connectivity index (χ0) is 25.6. The van der Waals surface area contributed by atoms with E-state index in [0.717, 1.165) is 12.1 Å². The van der Waals surface area contributed by atoms with Crippen LogP contribution in [0.15, 0.2) is 36.4 Å². The molecular formula is C20H12Cl4F6N2O2. The largest absolute Gasteiger partial charge is 0.416 e. The lowest BCUT2D eigenvalue weighted by Gasteiger charge is -2.11. The Balaban J connectivity index is 1.79. The minimum atomic E-state index is -4.69. The van der Waals surface area contributed by atoms with Crippen LogP contribution in [0.25, 0.3) is 0 Å². The van der Waals surface area contributed by atoms with Crippen molar-refractivity contribution in [2.24, 2.45) is 5.92 Å².